The number of anilines is 1. The number of amides is 1. The number of carbonyl (C=O) groups is 1. The van der Waals surface area contributed by atoms with Crippen LogP contribution in [0.1, 0.15) is 6.92 Å². The summed E-state index contributed by atoms with van der Waals surface area (Å²) in [6, 6.07) is 5.97. The van der Waals surface area contributed by atoms with E-state index in [4.69, 9.17) is 30.5 Å². The molecule has 0 radical (unpaired) electrons. The molecule has 1 amide bonds. The molecule has 30 heavy (non-hydrogen) atoms. The van der Waals surface area contributed by atoms with Crippen molar-refractivity contribution in [1.29, 1.82) is 0 Å². The van der Waals surface area contributed by atoms with Crippen LogP contribution in [0.3, 0.4) is 0 Å². The Labute approximate surface area is 180 Å². The van der Waals surface area contributed by atoms with Crippen molar-refractivity contribution < 1.29 is 32.2 Å². The summed E-state index contributed by atoms with van der Waals surface area (Å²) in [4.78, 5) is 12.5. The molecule has 1 atom stereocenters. The van der Waals surface area contributed by atoms with Gasteiger partial charge in [0.15, 0.2) is 11.5 Å². The molecule has 0 saturated heterocycles. The van der Waals surface area contributed by atoms with Gasteiger partial charge in [0, 0.05) is 18.2 Å². The summed E-state index contributed by atoms with van der Waals surface area (Å²) in [7, 11) is 1.67. The molecule has 0 aliphatic rings. The van der Waals surface area contributed by atoms with E-state index in [1.807, 2.05) is 0 Å². The second kappa shape index (κ2) is 9.88. The van der Waals surface area contributed by atoms with Crippen LogP contribution in [0.2, 0.25) is 5.02 Å². The van der Waals surface area contributed by atoms with Gasteiger partial charge in [-0.25, -0.2) is 8.42 Å². The lowest BCUT2D eigenvalue weighted by molar-refractivity contribution is -0.117. The fourth-order valence-corrected chi connectivity index (χ4v) is 3.99. The molecule has 0 fully saturated rings. The normalized spacial score (nSPS) is 12.1. The molecule has 9 nitrogen and oxygen atoms in total. The van der Waals surface area contributed by atoms with Crippen LogP contribution in [0, 0.1) is 0 Å². The molecule has 0 aliphatic carbocycles. The van der Waals surface area contributed by atoms with E-state index in [9.17, 15) is 13.2 Å². The molecule has 11 heteroatoms. The molecule has 2 aromatic carbocycles. The van der Waals surface area contributed by atoms with Crippen LogP contribution < -0.4 is 29.0 Å². The van der Waals surface area contributed by atoms with Crippen LogP contribution in [-0.4, -0.2) is 48.8 Å². The number of carbonyl (C=O) groups excluding carboxylic acids is 1. The molecule has 2 N–H and O–H groups in total. The zero-order chi connectivity index (χ0) is 22.5. The molecule has 2 aromatic rings. The number of hydrogen-bond acceptors (Lipinski definition) is 7. The van der Waals surface area contributed by atoms with E-state index in [-0.39, 0.29) is 16.3 Å². The van der Waals surface area contributed by atoms with E-state index in [1.54, 1.807) is 0 Å². The average molecular weight is 459 g/mol. The maximum atomic E-state index is 12.7. The SMILES string of the molecule is COc1cc(NC(=O)[C@H](C)NS(=O)(=O)c2ccc(OC)c(OC)c2)c(OC)cc1Cl. The highest BCUT2D eigenvalue weighted by molar-refractivity contribution is 7.89. The van der Waals surface area contributed by atoms with Crippen LogP contribution in [-0.2, 0) is 14.8 Å². The van der Waals surface area contributed by atoms with E-state index >= 15 is 0 Å². The largest absolute Gasteiger partial charge is 0.495 e. The van der Waals surface area contributed by atoms with Gasteiger partial charge in [-0.05, 0) is 19.1 Å². The van der Waals surface area contributed by atoms with E-state index in [0.29, 0.717) is 22.3 Å². The Bertz CT molecular complexity index is 1030. The van der Waals surface area contributed by atoms with Gasteiger partial charge >= 0.3 is 0 Å². The minimum atomic E-state index is -4.01. The average Bonchev–Trinajstić information content (AvgIpc) is 2.73. The van der Waals surface area contributed by atoms with Crippen molar-refractivity contribution in [3.8, 4) is 23.0 Å². The Balaban J connectivity index is 2.21. The van der Waals surface area contributed by atoms with Gasteiger partial charge in [-0.2, -0.15) is 4.72 Å². The molecule has 0 saturated carbocycles. The quantitative estimate of drug-likeness (QED) is 0.594. The van der Waals surface area contributed by atoms with Crippen LogP contribution in [0.4, 0.5) is 5.69 Å². The lowest BCUT2D eigenvalue weighted by atomic mass is 10.2. The van der Waals surface area contributed by atoms with Crippen molar-refractivity contribution in [2.75, 3.05) is 33.8 Å². The van der Waals surface area contributed by atoms with Crippen LogP contribution in [0.25, 0.3) is 0 Å². The number of hydrogen-bond donors (Lipinski definition) is 2. The van der Waals surface area contributed by atoms with Crippen molar-refractivity contribution in [2.24, 2.45) is 0 Å². The molecule has 0 bridgehead atoms. The van der Waals surface area contributed by atoms with Gasteiger partial charge in [0.2, 0.25) is 15.9 Å². The topological polar surface area (TPSA) is 112 Å². The first kappa shape index (κ1) is 23.6. The third-order valence-corrected chi connectivity index (χ3v) is 5.96. The van der Waals surface area contributed by atoms with Crippen molar-refractivity contribution in [3.05, 3.63) is 35.4 Å². The second-order valence-electron chi connectivity index (χ2n) is 6.04. The molecule has 0 unspecified atom stereocenters. The van der Waals surface area contributed by atoms with Gasteiger partial charge in [0.1, 0.15) is 11.5 Å². The molecule has 0 aromatic heterocycles. The number of ether oxygens (including phenoxy) is 4. The summed E-state index contributed by atoms with van der Waals surface area (Å²) in [6.07, 6.45) is 0. The number of sulfonamides is 1. The predicted molar refractivity (Wildman–Crippen MR) is 113 cm³/mol. The van der Waals surface area contributed by atoms with E-state index in [1.165, 1.54) is 65.7 Å². The Hall–Kier alpha value is -2.69. The summed E-state index contributed by atoms with van der Waals surface area (Å²) < 4.78 is 48.3. The zero-order valence-electron chi connectivity index (χ0n) is 17.1. The lowest BCUT2D eigenvalue weighted by Gasteiger charge is -2.17. The summed E-state index contributed by atoms with van der Waals surface area (Å²) in [5.74, 6) is 0.638. The fourth-order valence-electron chi connectivity index (χ4n) is 2.54. The highest BCUT2D eigenvalue weighted by atomic mass is 35.5. The molecule has 0 aliphatic heterocycles. The van der Waals surface area contributed by atoms with Gasteiger partial charge in [0.25, 0.3) is 0 Å². The Morgan fingerprint density at radius 2 is 1.50 bits per heavy atom. The van der Waals surface area contributed by atoms with Gasteiger partial charge in [-0.1, -0.05) is 11.6 Å². The minimum Gasteiger partial charge on any atom is -0.495 e. The molecule has 0 spiro atoms. The van der Waals surface area contributed by atoms with Crippen molar-refractivity contribution >= 4 is 33.2 Å². The van der Waals surface area contributed by atoms with Crippen molar-refractivity contribution in [1.82, 2.24) is 4.72 Å². The third-order valence-electron chi connectivity index (χ3n) is 4.12. The fraction of sp³-hybridized carbons (Fsp3) is 0.316. The predicted octanol–water partition coefficient (Wildman–Crippen LogP) is 2.68. The molecular formula is C19H23ClN2O7S. The number of nitrogens with one attached hydrogen (secondary N) is 2. The van der Waals surface area contributed by atoms with Crippen LogP contribution in [0.5, 0.6) is 23.0 Å². The Morgan fingerprint density at radius 3 is 2.07 bits per heavy atom. The second-order valence-corrected chi connectivity index (χ2v) is 8.16. The van der Waals surface area contributed by atoms with Gasteiger partial charge in [-0.3, -0.25) is 4.79 Å². The monoisotopic (exact) mass is 458 g/mol. The zero-order valence-corrected chi connectivity index (χ0v) is 18.7. The Morgan fingerprint density at radius 1 is 0.900 bits per heavy atom. The van der Waals surface area contributed by atoms with E-state index < -0.39 is 22.0 Å². The summed E-state index contributed by atoms with van der Waals surface area (Å²) >= 11 is 6.05. The summed E-state index contributed by atoms with van der Waals surface area (Å²) in [5, 5.41) is 2.90. The first-order valence-corrected chi connectivity index (χ1v) is 10.5. The molecule has 164 valence electrons. The van der Waals surface area contributed by atoms with Gasteiger partial charge < -0.3 is 24.3 Å². The van der Waals surface area contributed by atoms with Gasteiger partial charge in [-0.15, -0.1) is 0 Å². The highest BCUT2D eigenvalue weighted by Crippen LogP contribution is 2.36. The molecule has 2 rings (SSSR count). The van der Waals surface area contributed by atoms with E-state index in [0.717, 1.165) is 0 Å². The maximum Gasteiger partial charge on any atom is 0.242 e. The first-order valence-electron chi connectivity index (χ1n) is 8.63. The standard InChI is InChI=1S/C19H23ClN2O7S/c1-11(19(23)21-14-10-16(27-3)13(20)9-17(14)28-4)22-30(24,25)12-6-7-15(26-2)18(8-12)29-5/h6-11,22H,1-5H3,(H,21,23)/t11-/m0/s1. The van der Waals surface area contributed by atoms with Gasteiger partial charge in [0.05, 0.1) is 50.1 Å². The minimum absolute atomic E-state index is 0.0782. The molecular weight excluding hydrogens is 436 g/mol. The highest BCUT2D eigenvalue weighted by Gasteiger charge is 2.24. The maximum absolute atomic E-state index is 12.7. The van der Waals surface area contributed by atoms with Crippen molar-refractivity contribution in [3.63, 3.8) is 0 Å². The van der Waals surface area contributed by atoms with Crippen LogP contribution in [0.15, 0.2) is 35.2 Å². The first-order chi connectivity index (χ1) is 14.2. The lowest BCUT2D eigenvalue weighted by Crippen LogP contribution is -2.41. The number of rotatable bonds is 9. The van der Waals surface area contributed by atoms with Crippen LogP contribution >= 0.6 is 11.6 Å². The Kier molecular flexibility index (Phi) is 7.77. The number of halogens is 1. The number of benzene rings is 2. The number of methoxy groups -OCH3 is 4. The third kappa shape index (κ3) is 5.26. The molecule has 0 heterocycles. The smallest absolute Gasteiger partial charge is 0.242 e. The summed E-state index contributed by atoms with van der Waals surface area (Å²) in [6.45, 7) is 1.41. The van der Waals surface area contributed by atoms with Crippen molar-refractivity contribution in [2.45, 2.75) is 17.9 Å². The van der Waals surface area contributed by atoms with E-state index in [2.05, 4.69) is 10.0 Å². The summed E-state index contributed by atoms with van der Waals surface area (Å²) in [5.41, 5.74) is 0.279.